The van der Waals surface area contributed by atoms with Gasteiger partial charge in [0.2, 0.25) is 0 Å². The van der Waals surface area contributed by atoms with Gasteiger partial charge in [0.15, 0.2) is 12.2 Å². The van der Waals surface area contributed by atoms with Crippen molar-refractivity contribution in [3.8, 4) is 22.9 Å². The van der Waals surface area contributed by atoms with Gasteiger partial charge >= 0.3 is 6.18 Å². The normalized spacial score (nSPS) is 15.9. The molecule has 2 atom stereocenters. The van der Waals surface area contributed by atoms with Gasteiger partial charge in [0.1, 0.15) is 5.75 Å². The van der Waals surface area contributed by atoms with Crippen LogP contribution < -0.4 is 9.64 Å². The predicted octanol–water partition coefficient (Wildman–Crippen LogP) is 5.98. The summed E-state index contributed by atoms with van der Waals surface area (Å²) in [5, 5.41) is 20.1. The van der Waals surface area contributed by atoms with Crippen LogP contribution in [-0.2, 0) is 16.8 Å². The number of anilines is 1. The Balaban J connectivity index is 1.74. The van der Waals surface area contributed by atoms with Crippen LogP contribution >= 0.6 is 11.6 Å². The summed E-state index contributed by atoms with van der Waals surface area (Å²) >= 11 is 6.46. The Kier molecular flexibility index (Phi) is 6.74. The molecule has 1 N–H and O–H groups in total. The van der Waals surface area contributed by atoms with E-state index in [9.17, 15) is 23.1 Å². The Morgan fingerprint density at radius 3 is 2.39 bits per heavy atom. The molecule has 1 aliphatic heterocycles. The fraction of sp³-hybridized carbons (Fsp3) is 0.259. The summed E-state index contributed by atoms with van der Waals surface area (Å²) in [6.07, 6.45) is -4.79. The van der Waals surface area contributed by atoms with E-state index in [-0.39, 0.29) is 35.1 Å². The summed E-state index contributed by atoms with van der Waals surface area (Å²) in [7, 11) is 1.44. The number of carbonyl (C=O) groups excluding carboxylic acids is 1. The van der Waals surface area contributed by atoms with Crippen molar-refractivity contribution in [3.05, 3.63) is 82.4 Å². The third-order valence-corrected chi connectivity index (χ3v) is 6.91. The lowest BCUT2D eigenvalue weighted by molar-refractivity contribution is -0.274. The number of rotatable bonds is 5. The molecule has 36 heavy (non-hydrogen) atoms. The highest BCUT2D eigenvalue weighted by Crippen LogP contribution is 2.51. The lowest BCUT2D eigenvalue weighted by Crippen LogP contribution is -2.47. The lowest BCUT2D eigenvalue weighted by Gasteiger charge is -2.38. The lowest BCUT2D eigenvalue weighted by atomic mass is 9.77. The molecular weight excluding hydrogens is 493 g/mol. The average molecular weight is 515 g/mol. The van der Waals surface area contributed by atoms with Crippen molar-refractivity contribution in [2.45, 2.75) is 31.0 Å². The van der Waals surface area contributed by atoms with E-state index in [1.165, 1.54) is 31.0 Å². The third kappa shape index (κ3) is 4.41. The molecule has 1 amide bonds. The van der Waals surface area contributed by atoms with Crippen LogP contribution in [0.3, 0.4) is 0 Å². The highest BCUT2D eigenvalue weighted by atomic mass is 35.5. The van der Waals surface area contributed by atoms with Gasteiger partial charge in [-0.1, -0.05) is 61.0 Å². The molecule has 0 saturated heterocycles. The van der Waals surface area contributed by atoms with Crippen LogP contribution in [0.25, 0.3) is 11.1 Å². The molecule has 0 spiro atoms. The van der Waals surface area contributed by atoms with Crippen molar-refractivity contribution in [1.29, 1.82) is 5.26 Å². The molecule has 9 heteroatoms. The molecule has 0 radical (unpaired) electrons. The zero-order valence-corrected chi connectivity index (χ0v) is 20.2. The Bertz CT molecular complexity index is 1350. The molecule has 5 nitrogen and oxygen atoms in total. The van der Waals surface area contributed by atoms with Crippen molar-refractivity contribution < 1.29 is 27.8 Å². The number of fused-ring (bicyclic) bond motifs is 1. The molecule has 0 bridgehead atoms. The van der Waals surface area contributed by atoms with Crippen LogP contribution in [-0.4, -0.2) is 30.8 Å². The Hall–Kier alpha value is -3.54. The zero-order chi connectivity index (χ0) is 26.3. The fourth-order valence-corrected chi connectivity index (χ4v) is 4.70. The number of hydrogen-bond donors (Lipinski definition) is 1. The summed E-state index contributed by atoms with van der Waals surface area (Å²) in [6, 6.07) is 17.5. The molecule has 3 aromatic carbocycles. The average Bonchev–Trinajstić information content (AvgIpc) is 2.85. The van der Waals surface area contributed by atoms with Gasteiger partial charge < -0.3 is 14.7 Å². The molecule has 0 aliphatic carbocycles. The van der Waals surface area contributed by atoms with E-state index >= 15 is 0 Å². The molecule has 0 aromatic heterocycles. The smallest absolute Gasteiger partial charge is 0.422 e. The molecule has 2 unspecified atom stereocenters. The second-order valence-electron chi connectivity index (χ2n) is 8.68. The molecule has 186 valence electrons. The SMILES string of the molecule is CC(c1ccc(-c2ccc(CC#N)cc2)cc1Cl)C(O)(c1ccc2c(c1)N(C)C(=O)CO2)C(F)(F)F. The quantitative estimate of drug-likeness (QED) is 0.454. The highest BCUT2D eigenvalue weighted by molar-refractivity contribution is 6.31. The van der Waals surface area contributed by atoms with E-state index in [2.05, 4.69) is 6.07 Å². The second-order valence-corrected chi connectivity index (χ2v) is 9.09. The molecule has 1 aliphatic rings. The second kappa shape index (κ2) is 9.49. The van der Waals surface area contributed by atoms with Gasteiger partial charge in [-0.2, -0.15) is 18.4 Å². The van der Waals surface area contributed by atoms with Crippen molar-refractivity contribution in [2.75, 3.05) is 18.6 Å². The summed E-state index contributed by atoms with van der Waals surface area (Å²) < 4.78 is 48.8. The summed E-state index contributed by atoms with van der Waals surface area (Å²) in [5.41, 5.74) is -1.17. The van der Waals surface area contributed by atoms with Gasteiger partial charge in [0, 0.05) is 18.0 Å². The molecule has 0 saturated carbocycles. The number of amides is 1. The number of aliphatic hydroxyl groups is 1. The van der Waals surface area contributed by atoms with Crippen molar-refractivity contribution >= 4 is 23.2 Å². The van der Waals surface area contributed by atoms with Crippen molar-refractivity contribution in [2.24, 2.45) is 0 Å². The Morgan fingerprint density at radius 2 is 1.78 bits per heavy atom. The van der Waals surface area contributed by atoms with E-state index in [0.29, 0.717) is 5.56 Å². The first-order valence-electron chi connectivity index (χ1n) is 11.1. The fourth-order valence-electron chi connectivity index (χ4n) is 4.36. The molecular formula is C27H22ClF3N2O3. The number of halogens is 4. The molecule has 3 aromatic rings. The van der Waals surface area contributed by atoms with E-state index in [0.717, 1.165) is 23.3 Å². The van der Waals surface area contributed by atoms with E-state index in [1.807, 2.05) is 0 Å². The summed E-state index contributed by atoms with van der Waals surface area (Å²) in [6.45, 7) is 1.04. The van der Waals surface area contributed by atoms with Crippen LogP contribution in [0, 0.1) is 11.3 Å². The van der Waals surface area contributed by atoms with Gasteiger partial charge in [-0.15, -0.1) is 0 Å². The maximum Gasteiger partial charge on any atom is 0.422 e. The van der Waals surface area contributed by atoms with Crippen molar-refractivity contribution in [3.63, 3.8) is 0 Å². The highest BCUT2D eigenvalue weighted by Gasteiger charge is 2.59. The standard InChI is InChI=1S/C27H22ClF3N2O3/c1-16(21-9-7-19(13-22(21)28)18-5-3-17(4-6-18)11-12-32)26(35,27(29,30)31)20-8-10-24-23(14-20)33(2)25(34)15-36-24/h3-10,13-14,16,35H,11,15H2,1-2H3. The first-order valence-corrected chi connectivity index (χ1v) is 11.4. The number of nitriles is 1. The molecule has 1 heterocycles. The topological polar surface area (TPSA) is 73.6 Å². The first kappa shape index (κ1) is 25.5. The monoisotopic (exact) mass is 514 g/mol. The van der Waals surface area contributed by atoms with E-state index < -0.39 is 29.2 Å². The van der Waals surface area contributed by atoms with Crippen LogP contribution in [0.4, 0.5) is 18.9 Å². The van der Waals surface area contributed by atoms with E-state index in [4.69, 9.17) is 21.6 Å². The number of hydrogen-bond acceptors (Lipinski definition) is 4. The zero-order valence-electron chi connectivity index (χ0n) is 19.4. The van der Waals surface area contributed by atoms with Crippen molar-refractivity contribution in [1.82, 2.24) is 0 Å². The number of benzene rings is 3. The van der Waals surface area contributed by atoms with Gasteiger partial charge in [0.25, 0.3) is 5.91 Å². The van der Waals surface area contributed by atoms with Crippen LogP contribution in [0.1, 0.15) is 29.5 Å². The number of nitrogens with zero attached hydrogens (tertiary/aromatic N) is 2. The van der Waals surface area contributed by atoms with Gasteiger partial charge in [-0.25, -0.2) is 0 Å². The maximum absolute atomic E-state index is 14.5. The van der Waals surface area contributed by atoms with Gasteiger partial charge in [-0.3, -0.25) is 4.79 Å². The number of ether oxygens (including phenoxy) is 1. The Labute approximate surface area is 211 Å². The first-order chi connectivity index (χ1) is 17.0. The minimum absolute atomic E-state index is 0.0670. The van der Waals surface area contributed by atoms with Gasteiger partial charge in [-0.05, 0) is 46.0 Å². The maximum atomic E-state index is 14.5. The van der Waals surface area contributed by atoms with E-state index in [1.54, 1.807) is 36.4 Å². The van der Waals surface area contributed by atoms with Crippen LogP contribution in [0.2, 0.25) is 5.02 Å². The largest absolute Gasteiger partial charge is 0.482 e. The third-order valence-electron chi connectivity index (χ3n) is 6.58. The molecule has 0 fully saturated rings. The Morgan fingerprint density at radius 1 is 1.11 bits per heavy atom. The summed E-state index contributed by atoms with van der Waals surface area (Å²) in [4.78, 5) is 13.2. The summed E-state index contributed by atoms with van der Waals surface area (Å²) in [5.74, 6) is -1.65. The number of carbonyl (C=O) groups is 1. The van der Waals surface area contributed by atoms with Crippen LogP contribution in [0.15, 0.2) is 60.7 Å². The minimum Gasteiger partial charge on any atom is -0.482 e. The van der Waals surface area contributed by atoms with Crippen LogP contribution in [0.5, 0.6) is 5.75 Å². The minimum atomic E-state index is -5.06. The number of alkyl halides is 3. The molecule has 4 rings (SSSR count). The number of likely N-dealkylation sites (N-methyl/N-ethyl adjacent to an activating group) is 1. The predicted molar refractivity (Wildman–Crippen MR) is 130 cm³/mol. The van der Waals surface area contributed by atoms with Gasteiger partial charge in [0.05, 0.1) is 18.2 Å².